The second-order valence-electron chi connectivity index (χ2n) is 4.96. The highest BCUT2D eigenvalue weighted by Gasteiger charge is 2.55. The molecule has 3 aliphatic rings. The molecule has 3 heterocycles. The lowest BCUT2D eigenvalue weighted by atomic mass is 10.0. The van der Waals surface area contributed by atoms with Crippen molar-refractivity contribution in [2.45, 2.75) is 57.5 Å². The quantitative estimate of drug-likeness (QED) is 0.606. The van der Waals surface area contributed by atoms with Crippen molar-refractivity contribution in [3.05, 3.63) is 0 Å². The largest absolute Gasteiger partial charge is 0.350 e. The van der Waals surface area contributed by atoms with E-state index in [4.69, 9.17) is 23.7 Å². The van der Waals surface area contributed by atoms with Crippen molar-refractivity contribution in [3.8, 4) is 0 Å². The van der Waals surface area contributed by atoms with Crippen molar-refractivity contribution in [1.29, 1.82) is 0 Å². The number of ether oxygens (including phenoxy) is 5. The number of rotatable bonds is 0. The molecule has 0 bridgehead atoms. The molecule has 0 aromatic heterocycles. The summed E-state index contributed by atoms with van der Waals surface area (Å²) in [6.45, 7) is 5.60. The fourth-order valence-corrected chi connectivity index (χ4v) is 2.37. The van der Waals surface area contributed by atoms with Crippen LogP contribution in [0.1, 0.15) is 20.8 Å². The average molecular weight is 244 g/mol. The summed E-state index contributed by atoms with van der Waals surface area (Å²) in [6.07, 6.45) is -2.76. The number of hydrogen-bond donors (Lipinski definition) is 0. The van der Waals surface area contributed by atoms with Gasteiger partial charge >= 0.3 is 0 Å². The molecule has 0 spiro atoms. The van der Waals surface area contributed by atoms with Gasteiger partial charge in [0.1, 0.15) is 6.10 Å². The maximum atomic E-state index is 12.2. The summed E-state index contributed by atoms with van der Waals surface area (Å²) in [4.78, 5) is 12.2. The zero-order valence-electron chi connectivity index (χ0n) is 10.0. The van der Waals surface area contributed by atoms with E-state index in [0.29, 0.717) is 6.61 Å². The molecule has 5 atom stereocenters. The number of carbonyl (C=O) groups excluding carboxylic acids is 1. The highest BCUT2D eigenvalue weighted by atomic mass is 16.8. The van der Waals surface area contributed by atoms with E-state index < -0.39 is 36.7 Å². The highest BCUT2D eigenvalue weighted by Crippen LogP contribution is 2.36. The second kappa shape index (κ2) is 3.73. The van der Waals surface area contributed by atoms with Crippen LogP contribution in [0, 0.1) is 0 Å². The molecule has 3 fully saturated rings. The zero-order valence-corrected chi connectivity index (χ0v) is 10.0. The predicted octanol–water partition coefficient (Wildman–Crippen LogP) is 0.193. The van der Waals surface area contributed by atoms with Crippen LogP contribution in [0.4, 0.5) is 0 Å². The van der Waals surface area contributed by atoms with Gasteiger partial charge in [-0.3, -0.25) is 4.79 Å². The van der Waals surface area contributed by atoms with E-state index >= 15 is 0 Å². The lowest BCUT2D eigenvalue weighted by Gasteiger charge is -2.40. The average Bonchev–Trinajstić information content (AvgIpc) is 2.55. The van der Waals surface area contributed by atoms with Gasteiger partial charge in [-0.25, -0.2) is 0 Å². The van der Waals surface area contributed by atoms with Gasteiger partial charge in [0.15, 0.2) is 36.4 Å². The third-order valence-electron chi connectivity index (χ3n) is 3.10. The molecule has 0 radical (unpaired) electrons. The van der Waals surface area contributed by atoms with Crippen molar-refractivity contribution >= 4 is 5.78 Å². The fourth-order valence-electron chi connectivity index (χ4n) is 2.37. The standard InChI is InChI=1S/C11H16O6/c1-5-13-4-6-8(14-5)7(12)9-10(15-6)17-11(2,3)16-9/h5-6,8-10H,4H2,1-3H3/t5?,6-,8-,9-,10-/m1/s1. The third-order valence-corrected chi connectivity index (χ3v) is 3.10. The van der Waals surface area contributed by atoms with Gasteiger partial charge in [0, 0.05) is 0 Å². The molecule has 6 nitrogen and oxygen atoms in total. The van der Waals surface area contributed by atoms with Gasteiger partial charge in [0.05, 0.1) is 6.61 Å². The topological polar surface area (TPSA) is 63.2 Å². The summed E-state index contributed by atoms with van der Waals surface area (Å²) < 4.78 is 27.5. The second-order valence-corrected chi connectivity index (χ2v) is 4.96. The van der Waals surface area contributed by atoms with Crippen molar-refractivity contribution in [2.75, 3.05) is 6.61 Å². The smallest absolute Gasteiger partial charge is 0.198 e. The van der Waals surface area contributed by atoms with Gasteiger partial charge in [-0.1, -0.05) is 0 Å². The Morgan fingerprint density at radius 1 is 1.18 bits per heavy atom. The first-order chi connectivity index (χ1) is 7.96. The van der Waals surface area contributed by atoms with Crippen molar-refractivity contribution in [3.63, 3.8) is 0 Å². The number of carbonyl (C=O) groups is 1. The van der Waals surface area contributed by atoms with Crippen LogP contribution in [-0.2, 0) is 28.5 Å². The molecule has 1 unspecified atom stereocenters. The molecule has 96 valence electrons. The molecule has 17 heavy (non-hydrogen) atoms. The molecule has 0 amide bonds. The minimum atomic E-state index is -0.801. The maximum absolute atomic E-state index is 12.2. The van der Waals surface area contributed by atoms with Gasteiger partial charge in [0.25, 0.3) is 0 Å². The first-order valence-corrected chi connectivity index (χ1v) is 5.78. The first kappa shape index (κ1) is 11.6. The van der Waals surface area contributed by atoms with Gasteiger partial charge < -0.3 is 23.7 Å². The molecule has 3 saturated heterocycles. The van der Waals surface area contributed by atoms with Gasteiger partial charge in [-0.2, -0.15) is 0 Å². The van der Waals surface area contributed by atoms with Crippen molar-refractivity contribution in [1.82, 2.24) is 0 Å². The molecular formula is C11H16O6. The van der Waals surface area contributed by atoms with E-state index in [9.17, 15) is 4.79 Å². The van der Waals surface area contributed by atoms with Crippen LogP contribution < -0.4 is 0 Å². The van der Waals surface area contributed by atoms with E-state index in [1.54, 1.807) is 20.8 Å². The summed E-state index contributed by atoms with van der Waals surface area (Å²) in [6, 6.07) is 0. The lowest BCUT2D eigenvalue weighted by Crippen LogP contribution is -2.59. The zero-order chi connectivity index (χ0) is 12.2. The predicted molar refractivity (Wildman–Crippen MR) is 54.0 cm³/mol. The molecule has 3 aliphatic heterocycles. The number of ketones is 1. The van der Waals surface area contributed by atoms with Crippen LogP contribution in [0.5, 0.6) is 0 Å². The summed E-state index contributed by atoms with van der Waals surface area (Å²) in [7, 11) is 0. The molecular weight excluding hydrogens is 228 g/mol. The monoisotopic (exact) mass is 244 g/mol. The molecule has 0 saturated carbocycles. The highest BCUT2D eigenvalue weighted by molar-refractivity contribution is 5.89. The number of hydrogen-bond acceptors (Lipinski definition) is 6. The Bertz CT molecular complexity index is 337. The van der Waals surface area contributed by atoms with Crippen molar-refractivity contribution in [2.24, 2.45) is 0 Å². The SMILES string of the molecule is CC1OC[C@H]2O[C@@H]3OC(C)(C)O[C@@H]3C(=O)[C@@H]2O1. The van der Waals surface area contributed by atoms with Gasteiger partial charge in [-0.15, -0.1) is 0 Å². The Balaban J connectivity index is 1.81. The van der Waals surface area contributed by atoms with Crippen LogP contribution in [0.2, 0.25) is 0 Å². The number of fused-ring (bicyclic) bond motifs is 2. The van der Waals surface area contributed by atoms with Gasteiger partial charge in [-0.05, 0) is 20.8 Å². The van der Waals surface area contributed by atoms with E-state index in [1.165, 1.54) is 0 Å². The lowest BCUT2D eigenvalue weighted by molar-refractivity contribution is -0.294. The minimum absolute atomic E-state index is 0.119. The Morgan fingerprint density at radius 2 is 1.94 bits per heavy atom. The van der Waals surface area contributed by atoms with E-state index in [1.807, 2.05) is 0 Å². The summed E-state index contributed by atoms with van der Waals surface area (Å²) >= 11 is 0. The minimum Gasteiger partial charge on any atom is -0.350 e. The van der Waals surface area contributed by atoms with Crippen LogP contribution in [-0.4, -0.2) is 49.1 Å². The van der Waals surface area contributed by atoms with E-state index in [2.05, 4.69) is 0 Å². The summed E-state index contributed by atoms with van der Waals surface area (Å²) in [5.74, 6) is -0.919. The van der Waals surface area contributed by atoms with Crippen LogP contribution in [0.25, 0.3) is 0 Å². The normalized spacial score (nSPS) is 48.6. The first-order valence-electron chi connectivity index (χ1n) is 5.78. The third kappa shape index (κ3) is 1.90. The Hall–Kier alpha value is -0.530. The summed E-state index contributed by atoms with van der Waals surface area (Å²) in [5, 5.41) is 0. The van der Waals surface area contributed by atoms with E-state index in [-0.39, 0.29) is 5.78 Å². The molecule has 6 heteroatoms. The maximum Gasteiger partial charge on any atom is 0.198 e. The molecule has 3 rings (SSSR count). The summed E-state index contributed by atoms with van der Waals surface area (Å²) in [5.41, 5.74) is 0. The molecule has 0 aliphatic carbocycles. The Morgan fingerprint density at radius 3 is 2.71 bits per heavy atom. The van der Waals surface area contributed by atoms with Crippen LogP contribution in [0.15, 0.2) is 0 Å². The molecule has 0 aromatic carbocycles. The Labute approximate surface area is 99.1 Å². The van der Waals surface area contributed by atoms with Crippen molar-refractivity contribution < 1.29 is 28.5 Å². The van der Waals surface area contributed by atoms with Crippen LogP contribution >= 0.6 is 0 Å². The fraction of sp³-hybridized carbons (Fsp3) is 0.909. The Kier molecular flexibility index (Phi) is 2.53. The van der Waals surface area contributed by atoms with Crippen LogP contribution in [0.3, 0.4) is 0 Å². The van der Waals surface area contributed by atoms with Gasteiger partial charge in [0.2, 0.25) is 0 Å². The molecule has 0 N–H and O–H groups in total. The number of Topliss-reactive ketones (excluding diaryl/α,β-unsaturated/α-hetero) is 1. The van der Waals surface area contributed by atoms with E-state index in [0.717, 1.165) is 0 Å². The molecule has 0 aromatic rings.